The van der Waals surface area contributed by atoms with Gasteiger partial charge in [0, 0.05) is 16.9 Å². The van der Waals surface area contributed by atoms with E-state index in [2.05, 4.69) is 10.3 Å². The van der Waals surface area contributed by atoms with Crippen LogP contribution in [-0.4, -0.2) is 10.9 Å². The van der Waals surface area contributed by atoms with Gasteiger partial charge < -0.3 is 5.32 Å². The van der Waals surface area contributed by atoms with E-state index in [0.717, 1.165) is 17.0 Å². The normalized spacial score (nSPS) is 9.68. The zero-order chi connectivity index (χ0) is 13.7. The number of aromatic nitrogens is 1. The van der Waals surface area contributed by atoms with Gasteiger partial charge in [0.05, 0.1) is 11.8 Å². The van der Waals surface area contributed by atoms with Crippen LogP contribution in [0.1, 0.15) is 12.1 Å². The second kappa shape index (κ2) is 5.78. The average molecular weight is 251 g/mol. The number of nitrogens with one attached hydrogen (secondary N) is 1. The SMILES string of the molecule is Cc1cccc(-c2ccc(NC(=O)CC#N)cc2)n1. The first-order valence-electron chi connectivity index (χ1n) is 5.90. The summed E-state index contributed by atoms with van der Waals surface area (Å²) in [5.74, 6) is -0.302. The second-order valence-corrected chi connectivity index (χ2v) is 4.12. The van der Waals surface area contributed by atoms with Gasteiger partial charge in [0.15, 0.2) is 0 Å². The van der Waals surface area contributed by atoms with E-state index in [0.29, 0.717) is 5.69 Å². The van der Waals surface area contributed by atoms with Crippen LogP contribution in [0.3, 0.4) is 0 Å². The fourth-order valence-corrected chi connectivity index (χ4v) is 1.71. The Balaban J connectivity index is 2.15. The van der Waals surface area contributed by atoms with Gasteiger partial charge in [-0.05, 0) is 31.2 Å². The summed E-state index contributed by atoms with van der Waals surface area (Å²) in [5.41, 5.74) is 3.53. The molecule has 0 radical (unpaired) electrons. The van der Waals surface area contributed by atoms with E-state index in [4.69, 9.17) is 5.26 Å². The molecule has 94 valence electrons. The Morgan fingerprint density at radius 1 is 1.26 bits per heavy atom. The number of anilines is 1. The summed E-state index contributed by atoms with van der Waals surface area (Å²) in [6.07, 6.45) is -0.138. The van der Waals surface area contributed by atoms with E-state index in [1.807, 2.05) is 43.3 Å². The number of nitrogens with zero attached hydrogens (tertiary/aromatic N) is 2. The molecule has 0 unspecified atom stereocenters. The van der Waals surface area contributed by atoms with Crippen molar-refractivity contribution in [2.45, 2.75) is 13.3 Å². The maximum Gasteiger partial charge on any atom is 0.238 e. The van der Waals surface area contributed by atoms with Crippen molar-refractivity contribution in [2.75, 3.05) is 5.32 Å². The molecule has 4 heteroatoms. The smallest absolute Gasteiger partial charge is 0.238 e. The lowest BCUT2D eigenvalue weighted by atomic mass is 10.1. The molecule has 19 heavy (non-hydrogen) atoms. The van der Waals surface area contributed by atoms with E-state index >= 15 is 0 Å². The lowest BCUT2D eigenvalue weighted by Gasteiger charge is -2.05. The van der Waals surface area contributed by atoms with Crippen LogP contribution in [0.15, 0.2) is 42.5 Å². The Morgan fingerprint density at radius 2 is 2.00 bits per heavy atom. The number of hydrogen-bond acceptors (Lipinski definition) is 3. The number of nitriles is 1. The minimum Gasteiger partial charge on any atom is -0.325 e. The summed E-state index contributed by atoms with van der Waals surface area (Å²) in [7, 11) is 0. The first-order chi connectivity index (χ1) is 9.19. The molecule has 2 aromatic rings. The molecule has 1 N–H and O–H groups in total. The van der Waals surface area contributed by atoms with Crippen molar-refractivity contribution in [3.63, 3.8) is 0 Å². The van der Waals surface area contributed by atoms with Crippen molar-refractivity contribution in [1.82, 2.24) is 4.98 Å². The first kappa shape index (κ1) is 12.8. The number of carbonyl (C=O) groups is 1. The predicted octanol–water partition coefficient (Wildman–Crippen LogP) is 2.91. The average Bonchev–Trinajstić information content (AvgIpc) is 2.40. The van der Waals surface area contributed by atoms with E-state index < -0.39 is 0 Å². The zero-order valence-corrected chi connectivity index (χ0v) is 10.6. The fourth-order valence-electron chi connectivity index (χ4n) is 1.71. The topological polar surface area (TPSA) is 65.8 Å². The molecule has 2 rings (SSSR count). The number of hydrogen-bond donors (Lipinski definition) is 1. The number of benzene rings is 1. The minimum atomic E-state index is -0.302. The van der Waals surface area contributed by atoms with Gasteiger partial charge >= 0.3 is 0 Å². The molecular formula is C15H13N3O. The molecule has 1 amide bonds. The van der Waals surface area contributed by atoms with E-state index in [-0.39, 0.29) is 12.3 Å². The number of rotatable bonds is 3. The number of aryl methyl sites for hydroxylation is 1. The van der Waals surface area contributed by atoms with Crippen molar-refractivity contribution in [2.24, 2.45) is 0 Å². The Hall–Kier alpha value is -2.67. The predicted molar refractivity (Wildman–Crippen MR) is 73.3 cm³/mol. The maximum absolute atomic E-state index is 11.3. The summed E-state index contributed by atoms with van der Waals surface area (Å²) in [6, 6.07) is 15.0. The van der Waals surface area contributed by atoms with Crippen molar-refractivity contribution in [3.8, 4) is 17.3 Å². The van der Waals surface area contributed by atoms with Gasteiger partial charge in [-0.1, -0.05) is 18.2 Å². The summed E-state index contributed by atoms with van der Waals surface area (Å²) in [6.45, 7) is 1.94. The molecule has 0 fully saturated rings. The number of carbonyl (C=O) groups excluding carboxylic acids is 1. The Morgan fingerprint density at radius 3 is 2.63 bits per heavy atom. The summed E-state index contributed by atoms with van der Waals surface area (Å²) < 4.78 is 0. The number of pyridine rings is 1. The molecule has 0 atom stereocenters. The van der Waals surface area contributed by atoms with E-state index in [1.54, 1.807) is 12.1 Å². The molecule has 1 heterocycles. The standard InChI is InChI=1S/C15H13N3O/c1-11-3-2-4-14(17-11)12-5-7-13(8-6-12)18-15(19)9-10-16/h2-8H,9H2,1H3,(H,18,19). The van der Waals surface area contributed by atoms with Gasteiger partial charge in [-0.25, -0.2) is 0 Å². The largest absolute Gasteiger partial charge is 0.325 e. The van der Waals surface area contributed by atoms with Crippen LogP contribution in [-0.2, 0) is 4.79 Å². The van der Waals surface area contributed by atoms with Gasteiger partial charge in [-0.15, -0.1) is 0 Å². The van der Waals surface area contributed by atoms with E-state index in [9.17, 15) is 4.79 Å². The molecule has 0 saturated carbocycles. The van der Waals surface area contributed by atoms with Gasteiger partial charge in [-0.2, -0.15) is 5.26 Å². The van der Waals surface area contributed by atoms with Crippen LogP contribution >= 0.6 is 0 Å². The van der Waals surface area contributed by atoms with Gasteiger partial charge in [-0.3, -0.25) is 9.78 Å². The van der Waals surface area contributed by atoms with Gasteiger partial charge in [0.2, 0.25) is 5.91 Å². The minimum absolute atomic E-state index is 0.138. The quantitative estimate of drug-likeness (QED) is 0.912. The molecule has 0 saturated heterocycles. The molecule has 0 spiro atoms. The molecule has 0 aliphatic heterocycles. The first-order valence-corrected chi connectivity index (χ1v) is 5.90. The third-order valence-corrected chi connectivity index (χ3v) is 2.59. The van der Waals surface area contributed by atoms with Crippen LogP contribution in [0.2, 0.25) is 0 Å². The van der Waals surface area contributed by atoms with Crippen molar-refractivity contribution in [3.05, 3.63) is 48.2 Å². The van der Waals surface area contributed by atoms with Gasteiger partial charge in [0.25, 0.3) is 0 Å². The lowest BCUT2D eigenvalue weighted by Crippen LogP contribution is -2.09. The summed E-state index contributed by atoms with van der Waals surface area (Å²) >= 11 is 0. The van der Waals surface area contributed by atoms with Crippen LogP contribution in [0.25, 0.3) is 11.3 Å². The molecule has 4 nitrogen and oxygen atoms in total. The highest BCUT2D eigenvalue weighted by Crippen LogP contribution is 2.19. The maximum atomic E-state index is 11.3. The lowest BCUT2D eigenvalue weighted by molar-refractivity contribution is -0.115. The second-order valence-electron chi connectivity index (χ2n) is 4.12. The van der Waals surface area contributed by atoms with E-state index in [1.165, 1.54) is 0 Å². The summed E-state index contributed by atoms with van der Waals surface area (Å²) in [5, 5.41) is 11.1. The van der Waals surface area contributed by atoms with Gasteiger partial charge in [0.1, 0.15) is 6.42 Å². The van der Waals surface area contributed by atoms with Crippen molar-refractivity contribution >= 4 is 11.6 Å². The highest BCUT2D eigenvalue weighted by Gasteiger charge is 2.03. The Kier molecular flexibility index (Phi) is 3.89. The summed E-state index contributed by atoms with van der Waals surface area (Å²) in [4.78, 5) is 15.7. The van der Waals surface area contributed by atoms with Crippen LogP contribution in [0.4, 0.5) is 5.69 Å². The molecule has 0 aliphatic rings. The Labute approximate surface area is 111 Å². The molecule has 1 aromatic heterocycles. The number of amides is 1. The molecule has 0 aliphatic carbocycles. The van der Waals surface area contributed by atoms with Crippen LogP contribution in [0, 0.1) is 18.3 Å². The highest BCUT2D eigenvalue weighted by molar-refractivity contribution is 5.92. The molecule has 0 bridgehead atoms. The highest BCUT2D eigenvalue weighted by atomic mass is 16.1. The monoisotopic (exact) mass is 251 g/mol. The van der Waals surface area contributed by atoms with Crippen LogP contribution < -0.4 is 5.32 Å². The third kappa shape index (κ3) is 3.39. The van der Waals surface area contributed by atoms with Crippen LogP contribution in [0.5, 0.6) is 0 Å². The zero-order valence-electron chi connectivity index (χ0n) is 10.6. The fraction of sp³-hybridized carbons (Fsp3) is 0.133. The van der Waals surface area contributed by atoms with Crippen molar-refractivity contribution in [1.29, 1.82) is 5.26 Å². The Bertz CT molecular complexity index is 627. The molecule has 1 aromatic carbocycles. The van der Waals surface area contributed by atoms with Crippen molar-refractivity contribution < 1.29 is 4.79 Å². The third-order valence-electron chi connectivity index (χ3n) is 2.59. The molecular weight excluding hydrogens is 238 g/mol.